The maximum absolute atomic E-state index is 13.7. The van der Waals surface area contributed by atoms with Gasteiger partial charge in [-0.15, -0.1) is 0 Å². The Morgan fingerprint density at radius 2 is 2.00 bits per heavy atom. The molecular formula is C14H12F2N6O. The molecule has 23 heavy (non-hydrogen) atoms. The number of hydrogen-bond acceptors (Lipinski definition) is 5. The summed E-state index contributed by atoms with van der Waals surface area (Å²) in [5.41, 5.74) is 0.0163. The average molecular weight is 318 g/mol. The predicted octanol–water partition coefficient (Wildman–Crippen LogP) is 2.28. The molecule has 3 aromatic heterocycles. The summed E-state index contributed by atoms with van der Waals surface area (Å²) in [4.78, 5) is 22.8. The normalized spacial score (nSPS) is 11.7. The van der Waals surface area contributed by atoms with Gasteiger partial charge in [0.25, 0.3) is 5.92 Å². The van der Waals surface area contributed by atoms with Gasteiger partial charge < -0.3 is 5.32 Å². The minimum Gasteiger partial charge on any atom is -0.311 e. The quantitative estimate of drug-likeness (QED) is 0.800. The van der Waals surface area contributed by atoms with E-state index in [-0.39, 0.29) is 11.7 Å². The van der Waals surface area contributed by atoms with Crippen LogP contribution in [0.5, 0.6) is 0 Å². The molecule has 3 heterocycles. The molecule has 0 aromatic carbocycles. The van der Waals surface area contributed by atoms with E-state index < -0.39 is 11.6 Å². The van der Waals surface area contributed by atoms with Crippen LogP contribution in [0.1, 0.15) is 19.5 Å². The first kappa shape index (κ1) is 14.9. The van der Waals surface area contributed by atoms with E-state index in [1.54, 1.807) is 6.07 Å². The number of nitrogens with one attached hydrogen (secondary N) is 1. The van der Waals surface area contributed by atoms with Crippen LogP contribution in [0.2, 0.25) is 0 Å². The number of carbonyl (C=O) groups excluding carboxylic acids is 1. The van der Waals surface area contributed by atoms with E-state index in [1.807, 2.05) is 0 Å². The molecule has 1 amide bonds. The Hall–Kier alpha value is -2.97. The molecule has 0 atom stereocenters. The molecule has 118 valence electrons. The third kappa shape index (κ3) is 2.98. The zero-order valence-electron chi connectivity index (χ0n) is 12.3. The van der Waals surface area contributed by atoms with E-state index >= 15 is 0 Å². The number of pyridine rings is 1. The van der Waals surface area contributed by atoms with Crippen LogP contribution < -0.4 is 5.32 Å². The number of anilines is 1. The maximum Gasteiger partial charge on any atom is 0.290 e. The van der Waals surface area contributed by atoms with Gasteiger partial charge in [-0.25, -0.2) is 19.6 Å². The standard InChI is InChI=1S/C14H12F2N6O/c1-8(23)20-11-5-10-9(6-19-11)7-22(21-10)13-12(14(2,15)16)17-3-4-18-13/h3-7H,1-2H3,(H,20,23). The molecule has 0 aliphatic rings. The zero-order valence-corrected chi connectivity index (χ0v) is 12.3. The number of aromatic nitrogens is 5. The smallest absolute Gasteiger partial charge is 0.290 e. The van der Waals surface area contributed by atoms with Crippen LogP contribution in [0.3, 0.4) is 0 Å². The Morgan fingerprint density at radius 3 is 2.70 bits per heavy atom. The second-order valence-electron chi connectivity index (χ2n) is 5.00. The van der Waals surface area contributed by atoms with Gasteiger partial charge >= 0.3 is 0 Å². The Kier molecular flexibility index (Phi) is 3.47. The van der Waals surface area contributed by atoms with Crippen molar-refractivity contribution in [1.82, 2.24) is 24.7 Å². The molecule has 1 N–H and O–H groups in total. The van der Waals surface area contributed by atoms with Crippen molar-refractivity contribution in [2.24, 2.45) is 0 Å². The number of hydrogen-bond donors (Lipinski definition) is 1. The van der Waals surface area contributed by atoms with Crippen LogP contribution in [0.15, 0.2) is 30.9 Å². The molecule has 0 saturated heterocycles. The molecule has 9 heteroatoms. The van der Waals surface area contributed by atoms with Gasteiger partial charge in [-0.1, -0.05) is 0 Å². The molecule has 0 aliphatic carbocycles. The van der Waals surface area contributed by atoms with Gasteiger partial charge in [-0.3, -0.25) is 4.79 Å². The lowest BCUT2D eigenvalue weighted by molar-refractivity contribution is -0.114. The Labute approximate surface area is 129 Å². The summed E-state index contributed by atoms with van der Waals surface area (Å²) in [6.45, 7) is 2.11. The highest BCUT2D eigenvalue weighted by Crippen LogP contribution is 2.29. The van der Waals surface area contributed by atoms with Gasteiger partial charge in [0.15, 0.2) is 11.5 Å². The van der Waals surface area contributed by atoms with Crippen LogP contribution in [0.25, 0.3) is 16.7 Å². The van der Waals surface area contributed by atoms with Crippen molar-refractivity contribution in [1.29, 1.82) is 0 Å². The fourth-order valence-electron chi connectivity index (χ4n) is 2.08. The molecule has 0 fully saturated rings. The first-order valence-electron chi connectivity index (χ1n) is 6.67. The van der Waals surface area contributed by atoms with E-state index in [1.165, 1.54) is 36.4 Å². The number of carbonyl (C=O) groups is 1. The summed E-state index contributed by atoms with van der Waals surface area (Å²) < 4.78 is 28.5. The number of halogens is 2. The van der Waals surface area contributed by atoms with Crippen LogP contribution in [0.4, 0.5) is 14.6 Å². The lowest BCUT2D eigenvalue weighted by atomic mass is 10.2. The zero-order chi connectivity index (χ0) is 16.6. The number of fused-ring (bicyclic) bond motifs is 1. The molecule has 0 spiro atoms. The summed E-state index contributed by atoms with van der Waals surface area (Å²) >= 11 is 0. The molecule has 0 radical (unpaired) electrons. The summed E-state index contributed by atoms with van der Waals surface area (Å²) in [6.07, 6.45) is 5.54. The first-order chi connectivity index (χ1) is 10.8. The molecule has 0 unspecified atom stereocenters. The second kappa shape index (κ2) is 5.34. The lowest BCUT2D eigenvalue weighted by Gasteiger charge is -2.12. The van der Waals surface area contributed by atoms with E-state index in [4.69, 9.17) is 0 Å². The molecule has 0 aliphatic heterocycles. The van der Waals surface area contributed by atoms with Gasteiger partial charge in [-0.05, 0) is 0 Å². The third-order valence-electron chi connectivity index (χ3n) is 3.00. The van der Waals surface area contributed by atoms with E-state index in [2.05, 4.69) is 25.4 Å². The van der Waals surface area contributed by atoms with Crippen molar-refractivity contribution in [2.45, 2.75) is 19.8 Å². The highest BCUT2D eigenvalue weighted by Gasteiger charge is 2.31. The van der Waals surface area contributed by atoms with Crippen molar-refractivity contribution in [3.8, 4) is 5.82 Å². The summed E-state index contributed by atoms with van der Waals surface area (Å²) in [5.74, 6) is -3.15. The van der Waals surface area contributed by atoms with Crippen molar-refractivity contribution < 1.29 is 13.6 Å². The van der Waals surface area contributed by atoms with Crippen LogP contribution >= 0.6 is 0 Å². The van der Waals surface area contributed by atoms with E-state index in [9.17, 15) is 13.6 Å². The number of nitrogens with zero attached hydrogens (tertiary/aromatic N) is 5. The van der Waals surface area contributed by atoms with Crippen molar-refractivity contribution in [3.63, 3.8) is 0 Å². The van der Waals surface area contributed by atoms with Crippen LogP contribution in [-0.4, -0.2) is 30.6 Å². The molecule has 0 bridgehead atoms. The molecular weight excluding hydrogens is 306 g/mol. The monoisotopic (exact) mass is 318 g/mol. The second-order valence-corrected chi connectivity index (χ2v) is 5.00. The largest absolute Gasteiger partial charge is 0.311 e. The van der Waals surface area contributed by atoms with Gasteiger partial charge in [0.2, 0.25) is 5.91 Å². The molecule has 0 saturated carbocycles. The van der Waals surface area contributed by atoms with Gasteiger partial charge in [-0.2, -0.15) is 13.9 Å². The SMILES string of the molecule is CC(=O)Nc1cc2nn(-c3nccnc3C(C)(F)F)cc2cn1. The summed E-state index contributed by atoms with van der Waals surface area (Å²) in [5, 5.41) is 7.37. The number of amides is 1. The van der Waals surface area contributed by atoms with Crippen molar-refractivity contribution >= 4 is 22.6 Å². The number of alkyl halides is 2. The van der Waals surface area contributed by atoms with Crippen LogP contribution in [-0.2, 0) is 10.7 Å². The van der Waals surface area contributed by atoms with Crippen molar-refractivity contribution in [2.75, 3.05) is 5.32 Å². The predicted molar refractivity (Wildman–Crippen MR) is 78.3 cm³/mol. The minimum absolute atomic E-state index is 0.0581. The van der Waals surface area contributed by atoms with Gasteiger partial charge in [0.05, 0.1) is 5.52 Å². The molecule has 3 aromatic rings. The lowest BCUT2D eigenvalue weighted by Crippen LogP contribution is -2.16. The third-order valence-corrected chi connectivity index (χ3v) is 3.00. The molecule has 3 rings (SSSR count). The molecule has 7 nitrogen and oxygen atoms in total. The van der Waals surface area contributed by atoms with E-state index in [0.29, 0.717) is 16.7 Å². The Balaban J connectivity index is 2.10. The van der Waals surface area contributed by atoms with Gasteiger partial charge in [0.1, 0.15) is 5.82 Å². The highest BCUT2D eigenvalue weighted by molar-refractivity contribution is 5.90. The highest BCUT2D eigenvalue weighted by atomic mass is 19.3. The first-order valence-corrected chi connectivity index (χ1v) is 6.67. The fourth-order valence-corrected chi connectivity index (χ4v) is 2.08. The summed E-state index contributed by atoms with van der Waals surface area (Å²) in [6, 6.07) is 1.55. The summed E-state index contributed by atoms with van der Waals surface area (Å²) in [7, 11) is 0. The maximum atomic E-state index is 13.7. The number of rotatable bonds is 3. The topological polar surface area (TPSA) is 85.6 Å². The van der Waals surface area contributed by atoms with Crippen LogP contribution in [0, 0.1) is 0 Å². The Bertz CT molecular complexity index is 886. The van der Waals surface area contributed by atoms with Crippen molar-refractivity contribution in [3.05, 3.63) is 36.5 Å². The Morgan fingerprint density at radius 1 is 1.26 bits per heavy atom. The average Bonchev–Trinajstić information content (AvgIpc) is 2.89. The fraction of sp³-hybridized carbons (Fsp3) is 0.214. The minimum atomic E-state index is -3.15. The van der Waals surface area contributed by atoms with Gasteiger partial charge in [0, 0.05) is 50.1 Å². The van der Waals surface area contributed by atoms with E-state index in [0.717, 1.165) is 6.92 Å².